The Morgan fingerprint density at radius 3 is 2.44 bits per heavy atom. The van der Waals surface area contributed by atoms with Gasteiger partial charge in [0.05, 0.1) is 18.4 Å². The van der Waals surface area contributed by atoms with Gasteiger partial charge in [-0.05, 0) is 50.2 Å². The van der Waals surface area contributed by atoms with Gasteiger partial charge in [0, 0.05) is 17.3 Å². The first-order valence-corrected chi connectivity index (χ1v) is 7.64. The minimum Gasteiger partial charge on any atom is -0.495 e. The van der Waals surface area contributed by atoms with Crippen molar-refractivity contribution in [2.24, 2.45) is 0 Å². The number of alkyl halides is 3. The molecule has 1 amide bonds. The zero-order valence-electron chi connectivity index (χ0n) is 14.1. The minimum atomic E-state index is -4.46. The summed E-state index contributed by atoms with van der Waals surface area (Å²) >= 11 is 0. The fraction of sp³-hybridized carbons (Fsp3) is 0.278. The van der Waals surface area contributed by atoms with Gasteiger partial charge in [0.1, 0.15) is 5.75 Å². The van der Waals surface area contributed by atoms with E-state index >= 15 is 0 Å². The van der Waals surface area contributed by atoms with Gasteiger partial charge in [0.25, 0.3) is 5.91 Å². The average Bonchev–Trinajstić information content (AvgIpc) is 2.53. The molecule has 0 spiro atoms. The molecule has 0 bridgehead atoms. The van der Waals surface area contributed by atoms with E-state index in [1.165, 1.54) is 19.2 Å². The van der Waals surface area contributed by atoms with Crippen molar-refractivity contribution >= 4 is 17.3 Å². The summed E-state index contributed by atoms with van der Waals surface area (Å²) in [6, 6.07) is 9.40. The van der Waals surface area contributed by atoms with Crippen LogP contribution in [0, 0.1) is 0 Å². The molecule has 0 radical (unpaired) electrons. The average molecular weight is 352 g/mol. The third kappa shape index (κ3) is 4.89. The van der Waals surface area contributed by atoms with E-state index in [2.05, 4.69) is 10.6 Å². The molecule has 0 aliphatic heterocycles. The predicted octanol–water partition coefficient (Wildman–Crippen LogP) is 4.79. The lowest BCUT2D eigenvalue weighted by molar-refractivity contribution is -0.137. The van der Waals surface area contributed by atoms with Crippen molar-refractivity contribution in [2.75, 3.05) is 17.7 Å². The Labute approximate surface area is 144 Å². The summed E-state index contributed by atoms with van der Waals surface area (Å²) in [5.41, 5.74) is 0.201. The number of carbonyl (C=O) groups excluding carboxylic acids is 1. The highest BCUT2D eigenvalue weighted by molar-refractivity contribution is 6.05. The summed E-state index contributed by atoms with van der Waals surface area (Å²) in [5, 5.41) is 5.64. The van der Waals surface area contributed by atoms with Crippen LogP contribution in [-0.2, 0) is 6.18 Å². The van der Waals surface area contributed by atoms with Gasteiger partial charge in [-0.2, -0.15) is 13.2 Å². The van der Waals surface area contributed by atoms with Crippen LogP contribution in [-0.4, -0.2) is 19.1 Å². The Kier molecular flexibility index (Phi) is 5.56. The first kappa shape index (κ1) is 18.6. The van der Waals surface area contributed by atoms with Crippen LogP contribution in [0.5, 0.6) is 5.75 Å². The zero-order chi connectivity index (χ0) is 18.6. The number of amides is 1. The number of anilines is 2. The smallest absolute Gasteiger partial charge is 0.416 e. The van der Waals surface area contributed by atoms with Crippen LogP contribution < -0.4 is 15.4 Å². The molecular formula is C18H19F3N2O2. The Morgan fingerprint density at radius 2 is 1.84 bits per heavy atom. The quantitative estimate of drug-likeness (QED) is 0.814. The summed E-state index contributed by atoms with van der Waals surface area (Å²) in [4.78, 5) is 12.4. The number of hydrogen-bond donors (Lipinski definition) is 2. The fourth-order valence-electron chi connectivity index (χ4n) is 2.25. The lowest BCUT2D eigenvalue weighted by Crippen LogP contribution is -2.15. The molecule has 0 saturated heterocycles. The molecule has 2 aromatic carbocycles. The predicted molar refractivity (Wildman–Crippen MR) is 91.1 cm³/mol. The van der Waals surface area contributed by atoms with E-state index in [0.29, 0.717) is 17.0 Å². The highest BCUT2D eigenvalue weighted by Crippen LogP contribution is 2.31. The van der Waals surface area contributed by atoms with Crippen LogP contribution >= 0.6 is 0 Å². The van der Waals surface area contributed by atoms with Gasteiger partial charge in [-0.3, -0.25) is 4.79 Å². The topological polar surface area (TPSA) is 50.4 Å². The molecule has 2 aromatic rings. The van der Waals surface area contributed by atoms with Crippen LogP contribution in [0.15, 0.2) is 42.5 Å². The van der Waals surface area contributed by atoms with E-state index in [9.17, 15) is 18.0 Å². The van der Waals surface area contributed by atoms with E-state index < -0.39 is 17.6 Å². The molecule has 0 unspecified atom stereocenters. The van der Waals surface area contributed by atoms with Crippen LogP contribution in [0.1, 0.15) is 29.8 Å². The standard InChI is InChI=1S/C18H19F3N2O2/c1-11(2)22-15-9-12(7-8-16(15)25-3)17(24)23-14-6-4-5-13(10-14)18(19,20)21/h4-11,22H,1-3H3,(H,23,24). The van der Waals surface area contributed by atoms with Crippen molar-refractivity contribution in [3.8, 4) is 5.75 Å². The minimum absolute atomic E-state index is 0.0778. The number of carbonyl (C=O) groups is 1. The first-order valence-electron chi connectivity index (χ1n) is 7.64. The Morgan fingerprint density at radius 1 is 1.12 bits per heavy atom. The van der Waals surface area contributed by atoms with Gasteiger partial charge in [0.2, 0.25) is 0 Å². The zero-order valence-corrected chi connectivity index (χ0v) is 14.1. The molecule has 2 N–H and O–H groups in total. The normalized spacial score (nSPS) is 11.3. The highest BCUT2D eigenvalue weighted by atomic mass is 19.4. The molecule has 0 fully saturated rings. The van der Waals surface area contributed by atoms with Gasteiger partial charge in [0.15, 0.2) is 0 Å². The Balaban J connectivity index is 2.24. The molecule has 0 heterocycles. The second kappa shape index (κ2) is 7.46. The second-order valence-corrected chi connectivity index (χ2v) is 5.75. The number of rotatable bonds is 5. The van der Waals surface area contributed by atoms with Crippen LogP contribution in [0.4, 0.5) is 24.5 Å². The van der Waals surface area contributed by atoms with Crippen LogP contribution in [0.2, 0.25) is 0 Å². The summed E-state index contributed by atoms with van der Waals surface area (Å²) in [7, 11) is 1.52. The van der Waals surface area contributed by atoms with Gasteiger partial charge < -0.3 is 15.4 Å². The molecule has 0 saturated carbocycles. The van der Waals surface area contributed by atoms with Crippen molar-refractivity contribution in [1.82, 2.24) is 0 Å². The summed E-state index contributed by atoms with van der Waals surface area (Å²) in [6.07, 6.45) is -4.46. The number of methoxy groups -OCH3 is 1. The number of hydrogen-bond acceptors (Lipinski definition) is 3. The first-order chi connectivity index (χ1) is 11.7. The Bertz CT molecular complexity index is 758. The molecule has 25 heavy (non-hydrogen) atoms. The lowest BCUT2D eigenvalue weighted by atomic mass is 10.1. The largest absolute Gasteiger partial charge is 0.495 e. The maximum absolute atomic E-state index is 12.8. The molecular weight excluding hydrogens is 333 g/mol. The van der Waals surface area contributed by atoms with Gasteiger partial charge >= 0.3 is 6.18 Å². The van der Waals surface area contributed by atoms with Crippen LogP contribution in [0.3, 0.4) is 0 Å². The van der Waals surface area contributed by atoms with Crippen molar-refractivity contribution in [1.29, 1.82) is 0 Å². The molecule has 2 rings (SSSR count). The third-order valence-corrected chi connectivity index (χ3v) is 3.35. The number of halogens is 3. The number of nitrogens with one attached hydrogen (secondary N) is 2. The molecule has 0 aliphatic carbocycles. The molecule has 0 atom stereocenters. The van der Waals surface area contributed by atoms with Gasteiger partial charge in [-0.25, -0.2) is 0 Å². The Hall–Kier alpha value is -2.70. The molecule has 0 aromatic heterocycles. The van der Waals surface area contributed by atoms with E-state index in [1.54, 1.807) is 18.2 Å². The van der Waals surface area contributed by atoms with E-state index in [4.69, 9.17) is 4.74 Å². The van der Waals surface area contributed by atoms with E-state index in [0.717, 1.165) is 12.1 Å². The SMILES string of the molecule is COc1ccc(C(=O)Nc2cccc(C(F)(F)F)c2)cc1NC(C)C. The maximum atomic E-state index is 12.8. The maximum Gasteiger partial charge on any atom is 0.416 e. The fourth-order valence-corrected chi connectivity index (χ4v) is 2.25. The van der Waals surface area contributed by atoms with Crippen molar-refractivity contribution in [3.63, 3.8) is 0 Å². The lowest BCUT2D eigenvalue weighted by Gasteiger charge is -2.15. The van der Waals surface area contributed by atoms with E-state index in [1.807, 2.05) is 13.8 Å². The van der Waals surface area contributed by atoms with Crippen molar-refractivity contribution in [2.45, 2.75) is 26.1 Å². The van der Waals surface area contributed by atoms with Crippen molar-refractivity contribution < 1.29 is 22.7 Å². The van der Waals surface area contributed by atoms with E-state index in [-0.39, 0.29) is 11.7 Å². The van der Waals surface area contributed by atoms with Crippen molar-refractivity contribution in [3.05, 3.63) is 53.6 Å². The summed E-state index contributed by atoms with van der Waals surface area (Å²) < 4.78 is 43.5. The van der Waals surface area contributed by atoms with Gasteiger partial charge in [-0.15, -0.1) is 0 Å². The van der Waals surface area contributed by atoms with Crippen LogP contribution in [0.25, 0.3) is 0 Å². The molecule has 4 nitrogen and oxygen atoms in total. The molecule has 134 valence electrons. The molecule has 0 aliphatic rings. The third-order valence-electron chi connectivity index (χ3n) is 3.35. The molecule has 7 heteroatoms. The summed E-state index contributed by atoms with van der Waals surface area (Å²) in [5.74, 6) is 0.0677. The monoisotopic (exact) mass is 352 g/mol. The second-order valence-electron chi connectivity index (χ2n) is 5.75. The summed E-state index contributed by atoms with van der Waals surface area (Å²) in [6.45, 7) is 3.88. The highest BCUT2D eigenvalue weighted by Gasteiger charge is 2.30. The van der Waals surface area contributed by atoms with Gasteiger partial charge in [-0.1, -0.05) is 6.07 Å². The number of ether oxygens (including phenoxy) is 1. The number of benzene rings is 2.